The van der Waals surface area contributed by atoms with Gasteiger partial charge in [0.15, 0.2) is 0 Å². The van der Waals surface area contributed by atoms with E-state index >= 15 is 0 Å². The molecule has 0 N–H and O–H groups in total. The first-order valence-corrected chi connectivity index (χ1v) is 6.68. The van der Waals surface area contributed by atoms with E-state index in [0.717, 1.165) is 19.1 Å². The van der Waals surface area contributed by atoms with Gasteiger partial charge in [-0.05, 0) is 41.8 Å². The molecular weight excluding hydrogens is 363 g/mol. The van der Waals surface area contributed by atoms with E-state index in [1.165, 1.54) is 0 Å². The monoisotopic (exact) mass is 372 g/mol. The number of halogens is 9. The molecule has 0 radical (unpaired) electrons. The average molecular weight is 372 g/mol. The molecule has 0 atom stereocenters. The largest absolute Gasteiger partial charge is 0.417 e. The maximum absolute atomic E-state index is 13.1. The zero-order valence-corrected chi connectivity index (χ0v) is 12.4. The van der Waals surface area contributed by atoms with Gasteiger partial charge in [-0.25, -0.2) is 0 Å². The van der Waals surface area contributed by atoms with Crippen LogP contribution in [0.1, 0.15) is 22.3 Å². The van der Waals surface area contributed by atoms with Crippen molar-refractivity contribution in [3.8, 4) is 11.1 Å². The first kappa shape index (κ1) is 19.1. The smallest absolute Gasteiger partial charge is 0.166 e. The van der Waals surface area contributed by atoms with Gasteiger partial charge in [0.2, 0.25) is 0 Å². The van der Waals surface area contributed by atoms with Crippen molar-refractivity contribution >= 4 is 0 Å². The minimum absolute atomic E-state index is 0.109. The Kier molecular flexibility index (Phi) is 4.56. The molecule has 136 valence electrons. The van der Waals surface area contributed by atoms with Crippen LogP contribution in [0.25, 0.3) is 11.1 Å². The quantitative estimate of drug-likeness (QED) is 0.488. The second-order valence-electron chi connectivity index (χ2n) is 5.28. The predicted octanol–water partition coefficient (Wildman–Crippen LogP) is 6.72. The SMILES string of the molecule is Cc1ccc(-c2ccc(C(F)(F)F)cc2C(F)(F)F)cc1C(F)(F)F. The Morgan fingerprint density at radius 1 is 0.600 bits per heavy atom. The second kappa shape index (κ2) is 5.96. The predicted molar refractivity (Wildman–Crippen MR) is 71.6 cm³/mol. The molecule has 0 spiro atoms. The van der Waals surface area contributed by atoms with Crippen LogP contribution >= 0.6 is 0 Å². The summed E-state index contributed by atoms with van der Waals surface area (Å²) in [6, 6.07) is 3.28. The van der Waals surface area contributed by atoms with Gasteiger partial charge in [0.05, 0.1) is 16.7 Å². The Hall–Kier alpha value is -2.19. The molecule has 9 heteroatoms. The van der Waals surface area contributed by atoms with Crippen molar-refractivity contribution < 1.29 is 39.5 Å². The number of hydrogen-bond donors (Lipinski definition) is 0. The molecule has 0 bridgehead atoms. The molecule has 0 aromatic heterocycles. The fourth-order valence-corrected chi connectivity index (χ4v) is 2.30. The lowest BCUT2D eigenvalue weighted by atomic mass is 9.94. The molecule has 2 aromatic rings. The summed E-state index contributed by atoms with van der Waals surface area (Å²) < 4.78 is 116. The summed E-state index contributed by atoms with van der Waals surface area (Å²) in [7, 11) is 0. The van der Waals surface area contributed by atoms with Crippen LogP contribution in [0.15, 0.2) is 36.4 Å². The molecule has 0 aliphatic heterocycles. The molecular formula is C16H9F9. The summed E-state index contributed by atoms with van der Waals surface area (Å²) in [4.78, 5) is 0. The Morgan fingerprint density at radius 3 is 1.64 bits per heavy atom. The minimum atomic E-state index is -5.17. The number of rotatable bonds is 1. The normalized spacial score (nSPS) is 13.2. The molecule has 0 nitrogen and oxygen atoms in total. The van der Waals surface area contributed by atoms with Gasteiger partial charge in [-0.2, -0.15) is 39.5 Å². The molecule has 2 rings (SSSR count). The van der Waals surface area contributed by atoms with Gasteiger partial charge >= 0.3 is 18.5 Å². The average Bonchev–Trinajstić information content (AvgIpc) is 2.44. The van der Waals surface area contributed by atoms with E-state index in [4.69, 9.17) is 0 Å². The van der Waals surface area contributed by atoms with Gasteiger partial charge in [-0.15, -0.1) is 0 Å². The molecule has 0 aliphatic carbocycles. The van der Waals surface area contributed by atoms with Crippen LogP contribution in [0, 0.1) is 6.92 Å². The maximum Gasteiger partial charge on any atom is 0.417 e. The van der Waals surface area contributed by atoms with Crippen molar-refractivity contribution in [2.45, 2.75) is 25.5 Å². The standard InChI is InChI=1S/C16H9F9/c1-8-2-3-9(6-12(8)15(20,21)22)11-5-4-10(14(17,18)19)7-13(11)16(23,24)25/h2-7H,1H3. The molecule has 0 saturated carbocycles. The zero-order valence-electron chi connectivity index (χ0n) is 12.4. The van der Waals surface area contributed by atoms with E-state index in [2.05, 4.69) is 0 Å². The van der Waals surface area contributed by atoms with Crippen molar-refractivity contribution in [1.82, 2.24) is 0 Å². The van der Waals surface area contributed by atoms with Crippen LogP contribution < -0.4 is 0 Å². The summed E-state index contributed by atoms with van der Waals surface area (Å²) in [6.45, 7) is 1.13. The maximum atomic E-state index is 13.1. The van der Waals surface area contributed by atoms with Gasteiger partial charge in [0, 0.05) is 0 Å². The number of hydrogen-bond acceptors (Lipinski definition) is 0. The van der Waals surface area contributed by atoms with Crippen LogP contribution in [-0.2, 0) is 18.5 Å². The second-order valence-corrected chi connectivity index (χ2v) is 5.28. The van der Waals surface area contributed by atoms with Crippen LogP contribution in [-0.4, -0.2) is 0 Å². The Bertz CT molecular complexity index is 780. The molecule has 0 unspecified atom stereocenters. The van der Waals surface area contributed by atoms with Gasteiger partial charge in [0.1, 0.15) is 0 Å². The van der Waals surface area contributed by atoms with Crippen LogP contribution in [0.2, 0.25) is 0 Å². The fraction of sp³-hybridized carbons (Fsp3) is 0.250. The van der Waals surface area contributed by atoms with Gasteiger partial charge in [-0.3, -0.25) is 0 Å². The lowest BCUT2D eigenvalue weighted by molar-refractivity contribution is -0.142. The summed E-state index contributed by atoms with van der Waals surface area (Å²) in [6.07, 6.45) is -15.0. The summed E-state index contributed by atoms with van der Waals surface area (Å²) >= 11 is 0. The van der Waals surface area contributed by atoms with Crippen molar-refractivity contribution in [3.63, 3.8) is 0 Å². The molecule has 0 fully saturated rings. The van der Waals surface area contributed by atoms with E-state index in [-0.39, 0.29) is 11.6 Å². The summed E-state index contributed by atoms with van der Waals surface area (Å²) in [5.74, 6) is 0. The van der Waals surface area contributed by atoms with Crippen molar-refractivity contribution in [2.24, 2.45) is 0 Å². The van der Waals surface area contributed by atoms with Crippen molar-refractivity contribution in [1.29, 1.82) is 0 Å². The summed E-state index contributed by atoms with van der Waals surface area (Å²) in [5, 5.41) is 0. The van der Waals surface area contributed by atoms with E-state index in [0.29, 0.717) is 18.2 Å². The third-order valence-electron chi connectivity index (χ3n) is 3.51. The molecule has 25 heavy (non-hydrogen) atoms. The summed E-state index contributed by atoms with van der Waals surface area (Å²) in [5.41, 5.74) is -5.79. The zero-order chi connectivity index (χ0) is 19.2. The third-order valence-corrected chi connectivity index (χ3v) is 3.51. The van der Waals surface area contributed by atoms with Crippen LogP contribution in [0.3, 0.4) is 0 Å². The van der Waals surface area contributed by atoms with Crippen molar-refractivity contribution in [3.05, 3.63) is 58.7 Å². The Labute approximate surface area is 135 Å². The lowest BCUT2D eigenvalue weighted by Crippen LogP contribution is -2.12. The highest BCUT2D eigenvalue weighted by Gasteiger charge is 2.39. The topological polar surface area (TPSA) is 0 Å². The molecule has 0 aliphatic rings. The third kappa shape index (κ3) is 4.08. The molecule has 0 amide bonds. The van der Waals surface area contributed by atoms with Crippen LogP contribution in [0.4, 0.5) is 39.5 Å². The highest BCUT2D eigenvalue weighted by atomic mass is 19.4. The first-order valence-electron chi connectivity index (χ1n) is 6.68. The number of aryl methyl sites for hydroxylation is 1. The Balaban J connectivity index is 2.72. The number of benzene rings is 2. The highest BCUT2D eigenvalue weighted by molar-refractivity contribution is 5.70. The van der Waals surface area contributed by atoms with Crippen LogP contribution in [0.5, 0.6) is 0 Å². The van der Waals surface area contributed by atoms with Gasteiger partial charge in [0.25, 0.3) is 0 Å². The number of alkyl halides is 9. The van der Waals surface area contributed by atoms with E-state index in [1.54, 1.807) is 0 Å². The first-order chi connectivity index (χ1) is 11.2. The van der Waals surface area contributed by atoms with E-state index in [9.17, 15) is 39.5 Å². The van der Waals surface area contributed by atoms with E-state index in [1.807, 2.05) is 0 Å². The lowest BCUT2D eigenvalue weighted by Gasteiger charge is -2.18. The molecule has 0 saturated heterocycles. The minimum Gasteiger partial charge on any atom is -0.166 e. The van der Waals surface area contributed by atoms with E-state index < -0.39 is 46.3 Å². The Morgan fingerprint density at radius 2 is 1.16 bits per heavy atom. The van der Waals surface area contributed by atoms with Gasteiger partial charge < -0.3 is 0 Å². The molecule has 0 heterocycles. The van der Waals surface area contributed by atoms with Crippen molar-refractivity contribution in [2.75, 3.05) is 0 Å². The fourth-order valence-electron chi connectivity index (χ4n) is 2.30. The van der Waals surface area contributed by atoms with Gasteiger partial charge in [-0.1, -0.05) is 18.2 Å². The molecule has 2 aromatic carbocycles. The highest BCUT2D eigenvalue weighted by Crippen LogP contribution is 2.42.